The average molecular weight is 367 g/mol. The van der Waals surface area contributed by atoms with Crippen LogP contribution in [-0.2, 0) is 4.79 Å². The molecule has 0 spiro atoms. The van der Waals surface area contributed by atoms with E-state index in [0.29, 0.717) is 0 Å². The number of amides is 1. The van der Waals surface area contributed by atoms with Crippen molar-refractivity contribution in [3.05, 3.63) is 59.4 Å². The monoisotopic (exact) mass is 367 g/mol. The number of benzene rings is 2. The van der Waals surface area contributed by atoms with E-state index < -0.39 is 17.5 Å². The molecular weight excluding hydrogens is 351 g/mol. The van der Waals surface area contributed by atoms with E-state index in [1.54, 1.807) is 6.92 Å². The van der Waals surface area contributed by atoms with Gasteiger partial charge < -0.3 is 4.90 Å². The maximum absolute atomic E-state index is 14.0. The fraction of sp³-hybridized carbons (Fsp3) is 0.222. The number of halogens is 3. The van der Waals surface area contributed by atoms with Gasteiger partial charge >= 0.3 is 0 Å². The molecule has 132 valence electrons. The van der Waals surface area contributed by atoms with Crippen molar-refractivity contribution in [1.29, 1.82) is 0 Å². The number of thioether (sulfide) groups is 1. The predicted molar refractivity (Wildman–Crippen MR) is 91.5 cm³/mol. The van der Waals surface area contributed by atoms with Gasteiger partial charge in [0.25, 0.3) is 0 Å². The Bertz CT molecular complexity index is 811. The Balaban J connectivity index is 2.10. The van der Waals surface area contributed by atoms with Crippen LogP contribution < -0.4 is 4.90 Å². The highest BCUT2D eigenvalue weighted by atomic mass is 32.2. The van der Waals surface area contributed by atoms with Crippen molar-refractivity contribution in [3.63, 3.8) is 0 Å². The topological polar surface area (TPSA) is 37.4 Å². The number of hydrogen-bond acceptors (Lipinski definition) is 3. The molecule has 2 rings (SSSR count). The highest BCUT2D eigenvalue weighted by Gasteiger charge is 2.17. The summed E-state index contributed by atoms with van der Waals surface area (Å²) in [5.41, 5.74) is 0.490. The fourth-order valence-corrected chi connectivity index (χ4v) is 3.01. The Morgan fingerprint density at radius 1 is 1.00 bits per heavy atom. The van der Waals surface area contributed by atoms with E-state index >= 15 is 0 Å². The van der Waals surface area contributed by atoms with Crippen LogP contribution in [-0.4, -0.2) is 24.0 Å². The van der Waals surface area contributed by atoms with E-state index in [0.717, 1.165) is 30.0 Å². The van der Waals surface area contributed by atoms with Gasteiger partial charge in [-0.15, -0.1) is 11.8 Å². The normalized spacial score (nSPS) is 10.6. The first-order valence-corrected chi connectivity index (χ1v) is 8.50. The minimum Gasteiger partial charge on any atom is -0.312 e. The van der Waals surface area contributed by atoms with Crippen LogP contribution >= 0.6 is 11.8 Å². The Labute approximate surface area is 147 Å². The summed E-state index contributed by atoms with van der Waals surface area (Å²) in [5.74, 6) is -3.31. The summed E-state index contributed by atoms with van der Waals surface area (Å²) in [4.78, 5) is 25.1. The lowest BCUT2D eigenvalue weighted by Gasteiger charge is -2.21. The van der Waals surface area contributed by atoms with Crippen molar-refractivity contribution >= 4 is 29.1 Å². The average Bonchev–Trinajstić information content (AvgIpc) is 2.57. The molecular formula is C18H16F3NO2S. The number of anilines is 1. The van der Waals surface area contributed by atoms with Crippen LogP contribution in [0.25, 0.3) is 0 Å². The molecule has 0 aromatic heterocycles. The molecule has 0 aliphatic rings. The highest BCUT2D eigenvalue weighted by molar-refractivity contribution is 8.00. The van der Waals surface area contributed by atoms with Crippen LogP contribution in [0.5, 0.6) is 0 Å². The lowest BCUT2D eigenvalue weighted by molar-refractivity contribution is -0.116. The van der Waals surface area contributed by atoms with Crippen molar-refractivity contribution in [2.45, 2.75) is 18.7 Å². The zero-order chi connectivity index (χ0) is 18.6. The molecule has 0 saturated carbocycles. The van der Waals surface area contributed by atoms with Crippen molar-refractivity contribution in [2.24, 2.45) is 0 Å². The smallest absolute Gasteiger partial charge is 0.237 e. The van der Waals surface area contributed by atoms with Gasteiger partial charge in [-0.05, 0) is 38.1 Å². The maximum Gasteiger partial charge on any atom is 0.237 e. The third-order valence-corrected chi connectivity index (χ3v) is 4.56. The predicted octanol–water partition coefficient (Wildman–Crippen LogP) is 4.45. The summed E-state index contributed by atoms with van der Waals surface area (Å²) in [7, 11) is 0. The lowest BCUT2D eigenvalue weighted by atomic mass is 10.1. The van der Waals surface area contributed by atoms with Gasteiger partial charge in [0, 0.05) is 28.8 Å². The van der Waals surface area contributed by atoms with Gasteiger partial charge in [-0.2, -0.15) is 0 Å². The molecule has 2 aromatic rings. The van der Waals surface area contributed by atoms with Crippen molar-refractivity contribution in [1.82, 2.24) is 0 Å². The van der Waals surface area contributed by atoms with Gasteiger partial charge in [-0.25, -0.2) is 13.2 Å². The van der Waals surface area contributed by atoms with Gasteiger partial charge in [0.15, 0.2) is 17.4 Å². The van der Waals surface area contributed by atoms with Crippen LogP contribution in [0.15, 0.2) is 41.3 Å². The van der Waals surface area contributed by atoms with Crippen molar-refractivity contribution in [3.8, 4) is 0 Å². The van der Waals surface area contributed by atoms with Crippen LogP contribution in [0.4, 0.5) is 18.9 Å². The molecule has 0 atom stereocenters. The first-order chi connectivity index (χ1) is 11.8. The summed E-state index contributed by atoms with van der Waals surface area (Å²) in [5, 5.41) is 0. The number of ketones is 1. The molecule has 3 nitrogen and oxygen atoms in total. The number of Topliss-reactive ketones (excluding diaryl/α,β-unsaturated/α-hetero) is 1. The van der Waals surface area contributed by atoms with E-state index in [4.69, 9.17) is 0 Å². The third-order valence-electron chi connectivity index (χ3n) is 3.52. The number of nitrogens with zero attached hydrogens (tertiary/aromatic N) is 1. The molecule has 0 unspecified atom stereocenters. The van der Waals surface area contributed by atoms with Crippen LogP contribution in [0, 0.1) is 17.5 Å². The molecule has 25 heavy (non-hydrogen) atoms. The van der Waals surface area contributed by atoms with Gasteiger partial charge in [-0.1, -0.05) is 6.07 Å². The summed E-state index contributed by atoms with van der Waals surface area (Å²) in [6, 6.07) is 7.27. The minimum atomic E-state index is -1.04. The third kappa shape index (κ3) is 4.63. The standard InChI is InChI=1S/C18H16F3NO2S/c1-3-22(13-5-6-14(19)15(20)9-13)18(24)10-25-17-7-4-12(11(2)23)8-16(17)21/h4-9H,3,10H2,1-2H3. The van der Waals surface area contributed by atoms with Gasteiger partial charge in [0.05, 0.1) is 5.75 Å². The maximum atomic E-state index is 14.0. The summed E-state index contributed by atoms with van der Waals surface area (Å²) in [6.07, 6.45) is 0. The van der Waals surface area contributed by atoms with E-state index in [1.165, 1.54) is 30.0 Å². The van der Waals surface area contributed by atoms with Gasteiger partial charge in [-0.3, -0.25) is 9.59 Å². The largest absolute Gasteiger partial charge is 0.312 e. The number of hydrogen-bond donors (Lipinski definition) is 0. The molecule has 0 aliphatic heterocycles. The second-order valence-electron chi connectivity index (χ2n) is 5.23. The molecule has 0 radical (unpaired) electrons. The first-order valence-electron chi connectivity index (χ1n) is 7.52. The van der Waals surface area contributed by atoms with E-state index in [9.17, 15) is 22.8 Å². The Kier molecular flexibility index (Phi) is 6.25. The Morgan fingerprint density at radius 2 is 1.72 bits per heavy atom. The van der Waals surface area contributed by atoms with E-state index in [1.807, 2.05) is 0 Å². The molecule has 0 fully saturated rings. The second kappa shape index (κ2) is 8.20. The summed E-state index contributed by atoms with van der Waals surface area (Å²) < 4.78 is 40.3. The lowest BCUT2D eigenvalue weighted by Crippen LogP contribution is -2.32. The number of rotatable bonds is 6. The SMILES string of the molecule is CCN(C(=O)CSc1ccc(C(C)=O)cc1F)c1ccc(F)c(F)c1. The molecule has 0 heterocycles. The zero-order valence-electron chi connectivity index (χ0n) is 13.7. The molecule has 2 aromatic carbocycles. The summed E-state index contributed by atoms with van der Waals surface area (Å²) in [6.45, 7) is 3.30. The van der Waals surface area contributed by atoms with Crippen molar-refractivity contribution < 1.29 is 22.8 Å². The van der Waals surface area contributed by atoms with E-state index in [-0.39, 0.29) is 40.1 Å². The molecule has 7 heteroatoms. The van der Waals surface area contributed by atoms with Crippen LogP contribution in [0.3, 0.4) is 0 Å². The highest BCUT2D eigenvalue weighted by Crippen LogP contribution is 2.25. The van der Waals surface area contributed by atoms with Gasteiger partial charge in [0.1, 0.15) is 5.82 Å². The van der Waals surface area contributed by atoms with Gasteiger partial charge in [0.2, 0.25) is 5.91 Å². The molecule has 0 aliphatic carbocycles. The quantitative estimate of drug-likeness (QED) is 0.559. The zero-order valence-corrected chi connectivity index (χ0v) is 14.5. The molecule has 0 bridgehead atoms. The number of carbonyl (C=O) groups excluding carboxylic acids is 2. The molecule has 0 N–H and O–H groups in total. The van der Waals surface area contributed by atoms with E-state index in [2.05, 4.69) is 0 Å². The Hall–Kier alpha value is -2.28. The minimum absolute atomic E-state index is 0.0802. The van der Waals surface area contributed by atoms with Crippen LogP contribution in [0.2, 0.25) is 0 Å². The fourth-order valence-electron chi connectivity index (χ4n) is 2.21. The molecule has 0 saturated heterocycles. The second-order valence-corrected chi connectivity index (χ2v) is 6.24. The molecule has 1 amide bonds. The Morgan fingerprint density at radius 3 is 2.28 bits per heavy atom. The summed E-state index contributed by atoms with van der Waals surface area (Å²) >= 11 is 0.976. The number of carbonyl (C=O) groups is 2. The first kappa shape index (κ1) is 19.1. The van der Waals surface area contributed by atoms with Crippen molar-refractivity contribution in [2.75, 3.05) is 17.2 Å². The van der Waals surface area contributed by atoms with Crippen LogP contribution in [0.1, 0.15) is 24.2 Å².